The summed E-state index contributed by atoms with van der Waals surface area (Å²) in [4.78, 5) is 23.4. The number of carbonyl (C=O) groups is 2. The van der Waals surface area contributed by atoms with Crippen LogP contribution in [0.25, 0.3) is 0 Å². The molecular formula is C16H22FNO4. The molecule has 1 unspecified atom stereocenters. The molecule has 1 atom stereocenters. The number of carbonyl (C=O) groups excluding carboxylic acids is 1. The van der Waals surface area contributed by atoms with E-state index < -0.39 is 23.7 Å². The second-order valence-corrected chi connectivity index (χ2v) is 6.31. The lowest BCUT2D eigenvalue weighted by Gasteiger charge is -2.21. The number of amides is 1. The highest BCUT2D eigenvalue weighted by Gasteiger charge is 2.23. The molecule has 22 heavy (non-hydrogen) atoms. The average molecular weight is 311 g/mol. The topological polar surface area (TPSA) is 75.6 Å². The van der Waals surface area contributed by atoms with Gasteiger partial charge in [-0.15, -0.1) is 0 Å². The van der Waals surface area contributed by atoms with Crippen molar-refractivity contribution >= 4 is 11.9 Å². The van der Waals surface area contributed by atoms with Crippen molar-refractivity contribution in [2.24, 2.45) is 5.41 Å². The molecule has 0 aliphatic rings. The van der Waals surface area contributed by atoms with Crippen molar-refractivity contribution in [3.8, 4) is 5.75 Å². The highest BCUT2D eigenvalue weighted by atomic mass is 19.1. The third-order valence-corrected chi connectivity index (χ3v) is 3.20. The molecule has 1 aromatic rings. The van der Waals surface area contributed by atoms with E-state index >= 15 is 0 Å². The van der Waals surface area contributed by atoms with Crippen molar-refractivity contribution < 1.29 is 23.8 Å². The van der Waals surface area contributed by atoms with Crippen LogP contribution in [0.4, 0.5) is 4.39 Å². The summed E-state index contributed by atoms with van der Waals surface area (Å²) in [5, 5.41) is 11.7. The van der Waals surface area contributed by atoms with Crippen molar-refractivity contribution in [1.29, 1.82) is 0 Å². The van der Waals surface area contributed by atoms with E-state index in [2.05, 4.69) is 5.32 Å². The van der Waals surface area contributed by atoms with Gasteiger partial charge in [0.05, 0.1) is 7.11 Å². The first-order chi connectivity index (χ1) is 10.1. The van der Waals surface area contributed by atoms with Gasteiger partial charge in [-0.1, -0.05) is 20.8 Å². The van der Waals surface area contributed by atoms with Crippen molar-refractivity contribution in [3.63, 3.8) is 0 Å². The SMILES string of the molecule is COc1cc(C(=O)NC(CCC(C)(C)C)C(=O)O)ccc1F. The van der Waals surface area contributed by atoms with E-state index in [-0.39, 0.29) is 16.7 Å². The average Bonchev–Trinajstić information content (AvgIpc) is 2.42. The predicted octanol–water partition coefficient (Wildman–Crippen LogP) is 2.84. The zero-order chi connectivity index (χ0) is 16.9. The van der Waals surface area contributed by atoms with Crippen LogP contribution in [0.2, 0.25) is 0 Å². The molecule has 122 valence electrons. The highest BCUT2D eigenvalue weighted by Crippen LogP contribution is 2.22. The smallest absolute Gasteiger partial charge is 0.326 e. The van der Waals surface area contributed by atoms with E-state index in [4.69, 9.17) is 4.74 Å². The first kappa shape index (κ1) is 17.9. The van der Waals surface area contributed by atoms with E-state index in [1.165, 1.54) is 19.2 Å². The molecule has 1 aromatic carbocycles. The predicted molar refractivity (Wildman–Crippen MR) is 80.5 cm³/mol. The summed E-state index contributed by atoms with van der Waals surface area (Å²) in [5.74, 6) is -2.30. The maximum absolute atomic E-state index is 13.3. The summed E-state index contributed by atoms with van der Waals surface area (Å²) in [6.07, 6.45) is 0.972. The normalized spacial score (nSPS) is 12.6. The second-order valence-electron chi connectivity index (χ2n) is 6.31. The van der Waals surface area contributed by atoms with Crippen molar-refractivity contribution in [3.05, 3.63) is 29.6 Å². The van der Waals surface area contributed by atoms with Gasteiger partial charge < -0.3 is 15.2 Å². The molecule has 0 fully saturated rings. The molecule has 0 aromatic heterocycles. The van der Waals surface area contributed by atoms with E-state index in [0.717, 1.165) is 6.07 Å². The fraction of sp³-hybridized carbons (Fsp3) is 0.500. The largest absolute Gasteiger partial charge is 0.494 e. The van der Waals surface area contributed by atoms with Gasteiger partial charge in [0.25, 0.3) is 5.91 Å². The molecule has 1 amide bonds. The number of nitrogens with one attached hydrogen (secondary N) is 1. The van der Waals surface area contributed by atoms with Crippen LogP contribution in [-0.4, -0.2) is 30.1 Å². The highest BCUT2D eigenvalue weighted by molar-refractivity contribution is 5.96. The number of halogens is 1. The molecule has 1 rings (SSSR count). The van der Waals surface area contributed by atoms with Crippen LogP contribution in [0, 0.1) is 11.2 Å². The molecular weight excluding hydrogens is 289 g/mol. The molecule has 0 heterocycles. The van der Waals surface area contributed by atoms with Crippen LogP contribution >= 0.6 is 0 Å². The number of methoxy groups -OCH3 is 1. The maximum Gasteiger partial charge on any atom is 0.326 e. The second kappa shape index (κ2) is 7.24. The lowest BCUT2D eigenvalue weighted by molar-refractivity contribution is -0.139. The van der Waals surface area contributed by atoms with Gasteiger partial charge in [-0.05, 0) is 36.5 Å². The van der Waals surface area contributed by atoms with Gasteiger partial charge in [0.1, 0.15) is 6.04 Å². The third-order valence-electron chi connectivity index (χ3n) is 3.20. The zero-order valence-corrected chi connectivity index (χ0v) is 13.3. The number of carboxylic acid groups (broad SMARTS) is 1. The Labute approximate surface area is 129 Å². The van der Waals surface area contributed by atoms with Gasteiger partial charge in [-0.2, -0.15) is 0 Å². The molecule has 0 spiro atoms. The Hall–Kier alpha value is -2.11. The van der Waals surface area contributed by atoms with E-state index in [0.29, 0.717) is 12.8 Å². The van der Waals surface area contributed by atoms with Gasteiger partial charge in [-0.3, -0.25) is 4.79 Å². The fourth-order valence-electron chi connectivity index (χ4n) is 1.88. The number of rotatable bonds is 6. The minimum Gasteiger partial charge on any atom is -0.494 e. The lowest BCUT2D eigenvalue weighted by atomic mass is 9.88. The number of aliphatic carboxylic acids is 1. The van der Waals surface area contributed by atoms with Crippen molar-refractivity contribution in [2.75, 3.05) is 7.11 Å². The Morgan fingerprint density at radius 3 is 2.50 bits per heavy atom. The quantitative estimate of drug-likeness (QED) is 0.847. The summed E-state index contributed by atoms with van der Waals surface area (Å²) in [7, 11) is 1.30. The number of benzene rings is 1. The molecule has 0 aliphatic heterocycles. The molecule has 0 bridgehead atoms. The maximum atomic E-state index is 13.3. The van der Waals surface area contributed by atoms with E-state index in [1.807, 2.05) is 20.8 Å². The Bertz CT molecular complexity index is 552. The van der Waals surface area contributed by atoms with Crippen LogP contribution in [0.15, 0.2) is 18.2 Å². The number of hydrogen-bond acceptors (Lipinski definition) is 3. The van der Waals surface area contributed by atoms with Gasteiger partial charge >= 0.3 is 5.97 Å². The standard InChI is InChI=1S/C16H22FNO4/c1-16(2,3)8-7-12(15(20)21)18-14(19)10-5-6-11(17)13(9-10)22-4/h5-6,9,12H,7-8H2,1-4H3,(H,18,19)(H,20,21). The monoisotopic (exact) mass is 311 g/mol. The fourth-order valence-corrected chi connectivity index (χ4v) is 1.88. The number of ether oxygens (including phenoxy) is 1. The number of hydrogen-bond donors (Lipinski definition) is 2. The minimum absolute atomic E-state index is 0.0302. The third kappa shape index (κ3) is 5.35. The van der Waals surface area contributed by atoms with E-state index in [9.17, 15) is 19.1 Å². The van der Waals surface area contributed by atoms with Crippen LogP contribution in [0.5, 0.6) is 5.75 Å². The summed E-state index contributed by atoms with van der Waals surface area (Å²) >= 11 is 0. The van der Waals surface area contributed by atoms with Gasteiger partial charge in [0, 0.05) is 5.56 Å². The molecule has 5 nitrogen and oxygen atoms in total. The summed E-state index contributed by atoms with van der Waals surface area (Å²) in [5.41, 5.74) is 0.123. The van der Waals surface area contributed by atoms with Gasteiger partial charge in [0.2, 0.25) is 0 Å². The Balaban J connectivity index is 2.81. The van der Waals surface area contributed by atoms with Crippen molar-refractivity contribution in [1.82, 2.24) is 5.32 Å². The zero-order valence-electron chi connectivity index (χ0n) is 13.3. The molecule has 0 saturated carbocycles. The molecule has 6 heteroatoms. The molecule has 2 N–H and O–H groups in total. The van der Waals surface area contributed by atoms with Crippen LogP contribution in [0.1, 0.15) is 44.0 Å². The first-order valence-electron chi connectivity index (χ1n) is 7.01. The molecule has 0 saturated heterocycles. The molecule has 0 aliphatic carbocycles. The van der Waals surface area contributed by atoms with E-state index in [1.54, 1.807) is 0 Å². The summed E-state index contributed by atoms with van der Waals surface area (Å²) < 4.78 is 18.1. The van der Waals surface area contributed by atoms with Crippen LogP contribution < -0.4 is 10.1 Å². The summed E-state index contributed by atoms with van der Waals surface area (Å²) in [6, 6.07) is 2.66. The van der Waals surface area contributed by atoms with Gasteiger partial charge in [0.15, 0.2) is 11.6 Å². The number of carboxylic acids is 1. The van der Waals surface area contributed by atoms with Crippen LogP contribution in [0.3, 0.4) is 0 Å². The minimum atomic E-state index is -1.09. The molecule has 0 radical (unpaired) electrons. The van der Waals surface area contributed by atoms with Crippen molar-refractivity contribution in [2.45, 2.75) is 39.7 Å². The Morgan fingerprint density at radius 1 is 1.36 bits per heavy atom. The first-order valence-corrected chi connectivity index (χ1v) is 7.01. The lowest BCUT2D eigenvalue weighted by Crippen LogP contribution is -2.41. The van der Waals surface area contributed by atoms with Gasteiger partial charge in [-0.25, -0.2) is 9.18 Å². The summed E-state index contributed by atoms with van der Waals surface area (Å²) in [6.45, 7) is 6.00. The Morgan fingerprint density at radius 2 is 2.00 bits per heavy atom. The van der Waals surface area contributed by atoms with Crippen LogP contribution in [-0.2, 0) is 4.79 Å². The Kier molecular flexibility index (Phi) is 5.91.